The number of ketones is 1. The van der Waals surface area contributed by atoms with Crippen LogP contribution in [-0.4, -0.2) is 10.9 Å². The molecule has 2 nitrogen and oxygen atoms in total. The fourth-order valence-corrected chi connectivity index (χ4v) is 6.75. The monoisotopic (exact) mass is 288 g/mol. The van der Waals surface area contributed by atoms with Gasteiger partial charge in [-0.25, -0.2) is 0 Å². The molecule has 3 fully saturated rings. The summed E-state index contributed by atoms with van der Waals surface area (Å²) in [6.45, 7) is 4.76. The summed E-state index contributed by atoms with van der Waals surface area (Å²) < 4.78 is 0. The Morgan fingerprint density at radius 2 is 1.90 bits per heavy atom. The smallest absolute Gasteiger partial charge is 0.159 e. The van der Waals surface area contributed by atoms with E-state index in [0.717, 1.165) is 18.3 Å². The van der Waals surface area contributed by atoms with Crippen LogP contribution in [0.2, 0.25) is 0 Å². The van der Waals surface area contributed by atoms with E-state index in [2.05, 4.69) is 13.8 Å². The van der Waals surface area contributed by atoms with Crippen molar-refractivity contribution in [2.24, 2.45) is 34.5 Å². The topological polar surface area (TPSA) is 37.3 Å². The summed E-state index contributed by atoms with van der Waals surface area (Å²) in [7, 11) is 0. The summed E-state index contributed by atoms with van der Waals surface area (Å²) in [5, 5.41) is 10.6. The van der Waals surface area contributed by atoms with Gasteiger partial charge >= 0.3 is 0 Å². The highest BCUT2D eigenvalue weighted by Crippen LogP contribution is 2.66. The van der Waals surface area contributed by atoms with Gasteiger partial charge in [-0.05, 0) is 67.6 Å². The van der Waals surface area contributed by atoms with Gasteiger partial charge in [0.05, 0.1) is 0 Å². The summed E-state index contributed by atoms with van der Waals surface area (Å²) in [5.41, 5.74) is 0.439. The van der Waals surface area contributed by atoms with Crippen molar-refractivity contribution in [3.8, 4) is 0 Å². The second-order valence-corrected chi connectivity index (χ2v) is 8.72. The summed E-state index contributed by atoms with van der Waals surface area (Å²) in [4.78, 5) is 11.8. The highest BCUT2D eigenvalue weighted by Gasteiger charge is 2.59. The molecule has 1 unspecified atom stereocenters. The van der Waals surface area contributed by atoms with Gasteiger partial charge in [0.15, 0.2) is 5.78 Å². The molecule has 0 bridgehead atoms. The van der Waals surface area contributed by atoms with Gasteiger partial charge in [-0.15, -0.1) is 0 Å². The number of hydrogen-bond donors (Lipinski definition) is 1. The Balaban J connectivity index is 1.72. The minimum atomic E-state index is -0.124. The lowest BCUT2D eigenvalue weighted by Gasteiger charge is -2.58. The molecule has 0 saturated heterocycles. The normalized spacial score (nSPS) is 52.7. The first kappa shape index (κ1) is 13.8. The fraction of sp³-hybridized carbons (Fsp3) is 0.842. The Kier molecular flexibility index (Phi) is 2.88. The van der Waals surface area contributed by atoms with Crippen LogP contribution in [0, 0.1) is 34.5 Å². The van der Waals surface area contributed by atoms with Gasteiger partial charge in [-0.3, -0.25) is 4.79 Å². The molecule has 3 saturated carbocycles. The van der Waals surface area contributed by atoms with Crippen LogP contribution in [0.4, 0.5) is 0 Å². The van der Waals surface area contributed by atoms with E-state index < -0.39 is 0 Å². The van der Waals surface area contributed by atoms with Crippen molar-refractivity contribution in [1.29, 1.82) is 0 Å². The van der Waals surface area contributed by atoms with Crippen LogP contribution in [0.3, 0.4) is 0 Å². The third-order valence-electron chi connectivity index (χ3n) is 7.98. The number of rotatable bonds is 0. The number of hydrogen-bond acceptors (Lipinski definition) is 2. The standard InChI is InChI=1S/C19H28O2/c1-18-8-3-4-15(18)14-6-5-12-10-13(20)11-17(21)19(12,2)16(14)7-9-18/h11-12,14-16,21H,3-10H2,1-2H3/t12?,14-,15-,16+,18-,19-/m0/s1. The van der Waals surface area contributed by atoms with Crippen molar-refractivity contribution in [2.75, 3.05) is 0 Å². The zero-order valence-electron chi connectivity index (χ0n) is 13.4. The molecule has 0 aromatic carbocycles. The Morgan fingerprint density at radius 3 is 2.71 bits per heavy atom. The van der Waals surface area contributed by atoms with Crippen LogP contribution >= 0.6 is 0 Å². The fourth-order valence-electron chi connectivity index (χ4n) is 6.75. The van der Waals surface area contributed by atoms with E-state index in [1.807, 2.05) is 0 Å². The van der Waals surface area contributed by atoms with Crippen molar-refractivity contribution in [3.05, 3.63) is 11.8 Å². The maximum atomic E-state index is 11.8. The van der Waals surface area contributed by atoms with E-state index in [9.17, 15) is 9.90 Å². The van der Waals surface area contributed by atoms with Gasteiger partial charge < -0.3 is 5.11 Å². The van der Waals surface area contributed by atoms with E-state index >= 15 is 0 Å². The van der Waals surface area contributed by atoms with E-state index in [0.29, 0.717) is 29.4 Å². The molecule has 6 atom stereocenters. The molecular formula is C19H28O2. The largest absolute Gasteiger partial charge is 0.512 e. The van der Waals surface area contributed by atoms with Crippen molar-refractivity contribution >= 4 is 5.78 Å². The maximum absolute atomic E-state index is 11.8. The van der Waals surface area contributed by atoms with Gasteiger partial charge in [0.1, 0.15) is 5.76 Å². The molecule has 0 radical (unpaired) electrons. The molecule has 21 heavy (non-hydrogen) atoms. The highest BCUT2D eigenvalue weighted by atomic mass is 16.3. The van der Waals surface area contributed by atoms with Crippen molar-refractivity contribution in [1.82, 2.24) is 0 Å². The molecule has 0 spiro atoms. The van der Waals surface area contributed by atoms with Gasteiger partial charge in [0.2, 0.25) is 0 Å². The summed E-state index contributed by atoms with van der Waals surface area (Å²) in [6.07, 6.45) is 11.4. The highest BCUT2D eigenvalue weighted by molar-refractivity contribution is 5.91. The number of carbonyl (C=O) groups excluding carboxylic acids is 1. The first-order chi connectivity index (χ1) is 9.95. The predicted octanol–water partition coefficient (Wildman–Crippen LogP) is 4.65. The van der Waals surface area contributed by atoms with E-state index in [-0.39, 0.29) is 11.2 Å². The summed E-state index contributed by atoms with van der Waals surface area (Å²) >= 11 is 0. The molecule has 0 aromatic rings. The zero-order valence-corrected chi connectivity index (χ0v) is 13.4. The van der Waals surface area contributed by atoms with Crippen LogP contribution in [0.15, 0.2) is 11.8 Å². The Hall–Kier alpha value is -0.790. The first-order valence-electron chi connectivity index (χ1n) is 8.89. The molecule has 2 heteroatoms. The SMILES string of the molecule is C[C@@]12CCC[C@H]1[C@@H]1CCC3CC(=O)C=C(O)[C@]3(C)[C@@H]1CC2. The summed E-state index contributed by atoms with van der Waals surface area (Å²) in [5.74, 6) is 3.14. The van der Waals surface area contributed by atoms with Crippen LogP contribution in [0.5, 0.6) is 0 Å². The van der Waals surface area contributed by atoms with Crippen LogP contribution in [-0.2, 0) is 4.79 Å². The van der Waals surface area contributed by atoms with Crippen LogP contribution in [0.25, 0.3) is 0 Å². The molecule has 4 aliphatic rings. The lowest BCUT2D eigenvalue weighted by atomic mass is 9.46. The second-order valence-electron chi connectivity index (χ2n) is 8.72. The number of fused-ring (bicyclic) bond motifs is 5. The van der Waals surface area contributed by atoms with E-state index in [4.69, 9.17) is 0 Å². The van der Waals surface area contributed by atoms with Gasteiger partial charge in [0.25, 0.3) is 0 Å². The van der Waals surface area contributed by atoms with E-state index in [1.165, 1.54) is 38.5 Å². The molecule has 4 aliphatic carbocycles. The van der Waals surface area contributed by atoms with Crippen molar-refractivity contribution in [2.45, 2.75) is 65.2 Å². The average Bonchev–Trinajstić information content (AvgIpc) is 2.82. The van der Waals surface area contributed by atoms with Gasteiger partial charge in [-0.2, -0.15) is 0 Å². The molecule has 0 heterocycles. The molecule has 116 valence electrons. The van der Waals surface area contributed by atoms with Gasteiger partial charge in [-0.1, -0.05) is 20.3 Å². The zero-order chi connectivity index (χ0) is 14.8. The quantitative estimate of drug-likeness (QED) is 0.704. The number of aliphatic hydroxyl groups is 1. The molecule has 4 rings (SSSR count). The molecule has 0 amide bonds. The Labute approximate surface area is 128 Å². The predicted molar refractivity (Wildman–Crippen MR) is 82.8 cm³/mol. The third kappa shape index (κ3) is 1.74. The number of allylic oxidation sites excluding steroid dienone is 2. The molecule has 0 aromatic heterocycles. The van der Waals surface area contributed by atoms with Crippen LogP contribution in [0.1, 0.15) is 65.2 Å². The Bertz CT molecular complexity index is 508. The first-order valence-corrected chi connectivity index (χ1v) is 8.89. The van der Waals surface area contributed by atoms with Crippen molar-refractivity contribution < 1.29 is 9.90 Å². The number of aliphatic hydroxyl groups excluding tert-OH is 1. The van der Waals surface area contributed by atoms with Crippen molar-refractivity contribution in [3.63, 3.8) is 0 Å². The second kappa shape index (κ2) is 4.36. The lowest BCUT2D eigenvalue weighted by Crippen LogP contribution is -2.53. The maximum Gasteiger partial charge on any atom is 0.159 e. The minimum Gasteiger partial charge on any atom is -0.512 e. The van der Waals surface area contributed by atoms with Crippen LogP contribution < -0.4 is 0 Å². The summed E-state index contributed by atoms with van der Waals surface area (Å²) in [6, 6.07) is 0. The average molecular weight is 288 g/mol. The Morgan fingerprint density at radius 1 is 1.10 bits per heavy atom. The molecular weight excluding hydrogens is 260 g/mol. The lowest BCUT2D eigenvalue weighted by molar-refractivity contribution is -0.126. The molecule has 1 N–H and O–H groups in total. The third-order valence-corrected chi connectivity index (χ3v) is 7.98. The van der Waals surface area contributed by atoms with E-state index in [1.54, 1.807) is 6.08 Å². The minimum absolute atomic E-state index is 0.124. The van der Waals surface area contributed by atoms with Gasteiger partial charge in [0, 0.05) is 17.9 Å². The number of carbonyl (C=O) groups is 1. The molecule has 0 aliphatic heterocycles.